The number of rotatable bonds is 0. The van der Waals surface area contributed by atoms with Gasteiger partial charge in [0.15, 0.2) is 0 Å². The van der Waals surface area contributed by atoms with Crippen LogP contribution in [0.2, 0.25) is 0 Å². The van der Waals surface area contributed by atoms with Crippen molar-refractivity contribution in [2.24, 2.45) is 0 Å². The van der Waals surface area contributed by atoms with Gasteiger partial charge in [-0.3, -0.25) is 0 Å². The minimum absolute atomic E-state index is 0.137. The molecule has 0 unspecified atom stereocenters. The Morgan fingerprint density at radius 2 is 1.21 bits per heavy atom. The Kier molecular flexibility index (Phi) is 3.20. The highest BCUT2D eigenvalue weighted by molar-refractivity contribution is 8.58. The van der Waals surface area contributed by atoms with E-state index in [0.29, 0.717) is 0 Å². The molecule has 86 valence electrons. The molecule has 0 radical (unpaired) electrons. The summed E-state index contributed by atoms with van der Waals surface area (Å²) in [5, 5.41) is 0. The predicted molar refractivity (Wildman–Crippen MR) is 70.1 cm³/mol. The molecule has 1 saturated heterocycles. The van der Waals surface area contributed by atoms with Crippen molar-refractivity contribution in [2.75, 3.05) is 6.26 Å². The van der Waals surface area contributed by atoms with Crippen LogP contribution in [0.3, 0.4) is 0 Å². The van der Waals surface area contributed by atoms with Gasteiger partial charge in [-0.2, -0.15) is 7.42 Å². The average molecular weight is 257 g/mol. The smallest absolute Gasteiger partial charge is 0.0360 e. The minimum Gasteiger partial charge on any atom is -0.168 e. The van der Waals surface area contributed by atoms with Crippen LogP contribution in [0.5, 0.6) is 0 Å². The van der Waals surface area contributed by atoms with Gasteiger partial charge in [0.2, 0.25) is 0 Å². The lowest BCUT2D eigenvalue weighted by molar-refractivity contribution is 0.314. The van der Waals surface area contributed by atoms with E-state index in [2.05, 4.69) is 55.2 Å². The third-order valence-electron chi connectivity index (χ3n) is 1.85. The number of nitrogens with zero attached hydrogens (tertiary/aromatic N) is 2. The normalized spacial score (nSPS) is 27.1. The molecular weight excluding hydrogens is 236 g/mol. The summed E-state index contributed by atoms with van der Waals surface area (Å²) in [6.45, 7) is 13.2. The van der Waals surface area contributed by atoms with Crippen LogP contribution in [0.4, 0.5) is 0 Å². The van der Waals surface area contributed by atoms with Crippen LogP contribution in [-0.4, -0.2) is 24.8 Å². The lowest BCUT2D eigenvalue weighted by Gasteiger charge is -2.64. The minimum atomic E-state index is -1.28. The van der Waals surface area contributed by atoms with Gasteiger partial charge in [-0.1, -0.05) is 0 Å². The summed E-state index contributed by atoms with van der Waals surface area (Å²) in [6.07, 6.45) is 2.14. The van der Waals surface area contributed by atoms with Gasteiger partial charge in [0.1, 0.15) is 0 Å². The van der Waals surface area contributed by atoms with E-state index in [4.69, 9.17) is 10.7 Å². The fourth-order valence-electron chi connectivity index (χ4n) is 1.48. The zero-order chi connectivity index (χ0) is 11.4. The van der Waals surface area contributed by atoms with Crippen LogP contribution in [0.1, 0.15) is 41.5 Å². The topological polar surface area (TPSA) is 6.48 Å². The maximum absolute atomic E-state index is 6.62. The van der Waals surface area contributed by atoms with Gasteiger partial charge in [0.25, 0.3) is 0 Å². The highest BCUT2D eigenvalue weighted by Gasteiger charge is 2.53. The molecule has 0 N–H and O–H groups in total. The van der Waals surface area contributed by atoms with Crippen LogP contribution >= 0.6 is 32.4 Å². The second-order valence-corrected chi connectivity index (χ2v) is 11.0. The molecule has 1 heterocycles. The molecule has 2 nitrogen and oxygen atoms in total. The van der Waals surface area contributed by atoms with E-state index in [-0.39, 0.29) is 11.1 Å². The lowest BCUT2D eigenvalue weighted by atomic mass is 10.1. The molecule has 0 aromatic heterocycles. The Hall–Kier alpha value is 0.910. The van der Waals surface area contributed by atoms with Crippen molar-refractivity contribution < 1.29 is 0 Å². The molecule has 0 aromatic rings. The summed E-state index contributed by atoms with van der Waals surface area (Å²) in [5.41, 5.74) is 0.274. The number of hydrogen-bond acceptors (Lipinski definition) is 3. The molecule has 1 aliphatic heterocycles. The van der Waals surface area contributed by atoms with Crippen LogP contribution < -0.4 is 0 Å². The molecule has 1 rings (SSSR count). The standard InChI is InChI=1S/C9H21ClN2S2/c1-8(2,3)11-13-12(9(4,5)6)14(11,7)10/h1-7H3. The van der Waals surface area contributed by atoms with Crippen molar-refractivity contribution in [1.82, 2.24) is 7.42 Å². The summed E-state index contributed by atoms with van der Waals surface area (Å²) >= 11 is 1.77. The highest BCUT2D eigenvalue weighted by Crippen LogP contribution is 2.76. The Labute approximate surface area is 98.7 Å². The summed E-state index contributed by atoms with van der Waals surface area (Å²) < 4.78 is 4.62. The summed E-state index contributed by atoms with van der Waals surface area (Å²) in [5.74, 6) is 0. The van der Waals surface area contributed by atoms with Crippen molar-refractivity contribution in [2.45, 2.75) is 52.6 Å². The van der Waals surface area contributed by atoms with Crippen molar-refractivity contribution in [3.05, 3.63) is 0 Å². The van der Waals surface area contributed by atoms with Gasteiger partial charge < -0.3 is 0 Å². The van der Waals surface area contributed by atoms with Gasteiger partial charge in [-0.25, -0.2) is 0 Å². The Balaban J connectivity index is 2.79. The van der Waals surface area contributed by atoms with Crippen molar-refractivity contribution >= 4 is 32.4 Å². The van der Waals surface area contributed by atoms with Crippen LogP contribution in [0, 0.1) is 0 Å². The maximum atomic E-state index is 6.62. The first-order valence-electron chi connectivity index (χ1n) is 4.74. The first-order valence-corrected chi connectivity index (χ1v) is 8.25. The average Bonchev–Trinajstić information content (AvgIpc) is 1.77. The van der Waals surface area contributed by atoms with Gasteiger partial charge in [-0.15, -0.1) is 0 Å². The fourth-order valence-corrected chi connectivity index (χ4v) is 7.28. The molecule has 0 aromatic carbocycles. The molecule has 0 amide bonds. The largest absolute Gasteiger partial charge is 0.168 e. The molecule has 1 fully saturated rings. The van der Waals surface area contributed by atoms with E-state index in [1.807, 2.05) is 0 Å². The quantitative estimate of drug-likeness (QED) is 0.601. The summed E-state index contributed by atoms with van der Waals surface area (Å²) in [7, 11) is 5.34. The van der Waals surface area contributed by atoms with E-state index in [0.717, 1.165) is 0 Å². The van der Waals surface area contributed by atoms with E-state index < -0.39 is 9.61 Å². The Bertz CT molecular complexity index is 208. The zero-order valence-corrected chi connectivity index (χ0v) is 12.5. The van der Waals surface area contributed by atoms with Crippen molar-refractivity contribution in [3.63, 3.8) is 0 Å². The third-order valence-corrected chi connectivity index (χ3v) is 9.01. The number of hydrogen-bond donors (Lipinski definition) is 0. The van der Waals surface area contributed by atoms with Crippen LogP contribution in [0.15, 0.2) is 0 Å². The fraction of sp³-hybridized carbons (Fsp3) is 1.00. The summed E-state index contributed by atoms with van der Waals surface area (Å²) in [6, 6.07) is 0. The molecule has 1 aliphatic rings. The Morgan fingerprint density at radius 1 is 0.929 bits per heavy atom. The lowest BCUT2D eigenvalue weighted by Crippen LogP contribution is -2.56. The molecular formula is C9H21ClN2S2. The van der Waals surface area contributed by atoms with Gasteiger partial charge in [0.05, 0.1) is 0 Å². The van der Waals surface area contributed by atoms with Gasteiger partial charge >= 0.3 is 0 Å². The second kappa shape index (κ2) is 3.45. The first-order chi connectivity index (χ1) is 5.97. The monoisotopic (exact) mass is 256 g/mol. The molecule has 0 saturated carbocycles. The summed E-state index contributed by atoms with van der Waals surface area (Å²) in [4.78, 5) is 0. The van der Waals surface area contributed by atoms with Crippen LogP contribution in [-0.2, 0) is 0 Å². The van der Waals surface area contributed by atoms with Crippen LogP contribution in [0.25, 0.3) is 0 Å². The highest BCUT2D eigenvalue weighted by atomic mass is 35.7. The van der Waals surface area contributed by atoms with E-state index in [1.165, 1.54) is 0 Å². The SMILES string of the molecule is CC(C)(C)N1SN(C(C)(C)C)S1(C)Cl. The number of halogens is 1. The predicted octanol–water partition coefficient (Wildman–Crippen LogP) is 4.18. The zero-order valence-electron chi connectivity index (χ0n) is 10.1. The molecule has 0 atom stereocenters. The van der Waals surface area contributed by atoms with E-state index >= 15 is 0 Å². The second-order valence-electron chi connectivity index (χ2n) is 5.68. The van der Waals surface area contributed by atoms with Crippen molar-refractivity contribution in [3.8, 4) is 0 Å². The molecule has 0 spiro atoms. The Morgan fingerprint density at radius 3 is 1.36 bits per heavy atom. The van der Waals surface area contributed by atoms with Gasteiger partial charge in [-0.05, 0) is 61.8 Å². The molecule has 0 bridgehead atoms. The molecule has 14 heavy (non-hydrogen) atoms. The van der Waals surface area contributed by atoms with Crippen molar-refractivity contribution in [1.29, 1.82) is 0 Å². The molecule has 5 heteroatoms. The third kappa shape index (κ3) is 2.19. The van der Waals surface area contributed by atoms with E-state index in [1.54, 1.807) is 12.1 Å². The maximum Gasteiger partial charge on any atom is 0.0360 e. The van der Waals surface area contributed by atoms with Gasteiger partial charge in [0, 0.05) is 29.5 Å². The first kappa shape index (κ1) is 13.0. The van der Waals surface area contributed by atoms with E-state index in [9.17, 15) is 0 Å². The molecule has 0 aliphatic carbocycles.